The summed E-state index contributed by atoms with van der Waals surface area (Å²) in [7, 11) is 0. The molecule has 2 heterocycles. The number of nitrogens with zero attached hydrogens (tertiary/aromatic N) is 3. The third kappa shape index (κ3) is 4.90. The van der Waals surface area contributed by atoms with Crippen LogP contribution >= 0.6 is 0 Å². The first-order valence-electron chi connectivity index (χ1n) is 11.7. The van der Waals surface area contributed by atoms with Crippen molar-refractivity contribution in [2.45, 2.75) is 39.0 Å². The molecule has 168 valence electrons. The molecule has 0 radical (unpaired) electrons. The fourth-order valence-electron chi connectivity index (χ4n) is 4.47. The lowest BCUT2D eigenvalue weighted by Crippen LogP contribution is -2.30. The number of benzene rings is 2. The van der Waals surface area contributed by atoms with E-state index in [0.29, 0.717) is 17.4 Å². The summed E-state index contributed by atoms with van der Waals surface area (Å²) in [6.45, 7) is 2.85. The highest BCUT2D eigenvalue weighted by Gasteiger charge is 2.15. The summed E-state index contributed by atoms with van der Waals surface area (Å²) < 4.78 is 1.85. The summed E-state index contributed by atoms with van der Waals surface area (Å²) in [5.74, 6) is 1.12. The van der Waals surface area contributed by atoms with Gasteiger partial charge in [-0.05, 0) is 62.1 Å². The largest absolute Gasteiger partial charge is 0.352 e. The Morgan fingerprint density at radius 1 is 0.970 bits per heavy atom. The summed E-state index contributed by atoms with van der Waals surface area (Å²) in [6, 6.07) is 21.8. The maximum atomic E-state index is 12.5. The van der Waals surface area contributed by atoms with Gasteiger partial charge in [-0.2, -0.15) is 4.98 Å². The second-order valence-electron chi connectivity index (χ2n) is 8.90. The number of aromatic nitrogens is 3. The second-order valence-corrected chi connectivity index (χ2v) is 8.90. The van der Waals surface area contributed by atoms with E-state index in [0.717, 1.165) is 29.1 Å². The molecule has 0 spiro atoms. The molecule has 0 aliphatic heterocycles. The first kappa shape index (κ1) is 21.2. The monoisotopic (exact) mass is 439 g/mol. The smallest absolute Gasteiger partial charge is 0.251 e. The molecule has 6 nitrogen and oxygen atoms in total. The number of anilines is 2. The van der Waals surface area contributed by atoms with E-state index in [-0.39, 0.29) is 5.91 Å². The number of fused-ring (bicyclic) bond motifs is 1. The van der Waals surface area contributed by atoms with Crippen molar-refractivity contribution < 1.29 is 4.79 Å². The Morgan fingerprint density at radius 2 is 1.73 bits per heavy atom. The third-order valence-corrected chi connectivity index (χ3v) is 6.39. The van der Waals surface area contributed by atoms with Crippen LogP contribution in [0, 0.1) is 12.8 Å². The van der Waals surface area contributed by atoms with Gasteiger partial charge in [0.15, 0.2) is 5.65 Å². The lowest BCUT2D eigenvalue weighted by Gasteiger charge is -2.21. The van der Waals surface area contributed by atoms with E-state index in [1.54, 1.807) is 0 Å². The molecular weight excluding hydrogens is 410 g/mol. The lowest BCUT2D eigenvalue weighted by molar-refractivity contribution is 0.0943. The van der Waals surface area contributed by atoms with Crippen molar-refractivity contribution in [2.75, 3.05) is 11.9 Å². The zero-order valence-electron chi connectivity index (χ0n) is 18.9. The Bertz CT molecular complexity index is 1240. The van der Waals surface area contributed by atoms with Gasteiger partial charge in [0.1, 0.15) is 0 Å². The van der Waals surface area contributed by atoms with Crippen molar-refractivity contribution >= 4 is 23.2 Å². The van der Waals surface area contributed by atoms with Gasteiger partial charge in [0, 0.05) is 23.4 Å². The molecule has 2 N–H and O–H groups in total. The maximum Gasteiger partial charge on any atom is 0.251 e. The molecule has 1 aliphatic carbocycles. The molecule has 5 rings (SSSR count). The number of aryl methyl sites for hydroxylation is 1. The molecule has 0 atom stereocenters. The van der Waals surface area contributed by atoms with Crippen molar-refractivity contribution in [3.05, 3.63) is 77.9 Å². The number of hydrogen-bond donors (Lipinski definition) is 2. The van der Waals surface area contributed by atoms with E-state index in [1.165, 1.54) is 37.7 Å². The molecule has 4 aromatic rings. The van der Waals surface area contributed by atoms with E-state index in [1.807, 2.05) is 47.0 Å². The Kier molecular flexibility index (Phi) is 6.07. The Labute approximate surface area is 194 Å². The van der Waals surface area contributed by atoms with E-state index in [9.17, 15) is 4.79 Å². The molecule has 1 fully saturated rings. The first-order valence-corrected chi connectivity index (χ1v) is 11.7. The zero-order chi connectivity index (χ0) is 22.6. The van der Waals surface area contributed by atoms with Gasteiger partial charge in [0.2, 0.25) is 5.95 Å². The summed E-state index contributed by atoms with van der Waals surface area (Å²) in [5.41, 5.74) is 5.57. The first-order chi connectivity index (χ1) is 16.2. The molecule has 2 aromatic carbocycles. The minimum absolute atomic E-state index is 0.0132. The van der Waals surface area contributed by atoms with Gasteiger partial charge in [0.25, 0.3) is 5.91 Å². The summed E-state index contributed by atoms with van der Waals surface area (Å²) >= 11 is 0. The van der Waals surface area contributed by atoms with Crippen molar-refractivity contribution in [3.8, 4) is 11.3 Å². The van der Waals surface area contributed by atoms with Gasteiger partial charge >= 0.3 is 0 Å². The number of nitrogens with one attached hydrogen (secondary N) is 2. The normalized spacial score (nSPS) is 14.3. The second kappa shape index (κ2) is 9.45. The van der Waals surface area contributed by atoms with Crippen LogP contribution < -0.4 is 10.6 Å². The van der Waals surface area contributed by atoms with Crippen LogP contribution in [0.3, 0.4) is 0 Å². The van der Waals surface area contributed by atoms with Gasteiger partial charge in [-0.25, -0.2) is 4.52 Å². The van der Waals surface area contributed by atoms with E-state index < -0.39 is 0 Å². The highest BCUT2D eigenvalue weighted by atomic mass is 16.1. The molecule has 1 saturated carbocycles. The van der Waals surface area contributed by atoms with Crippen molar-refractivity contribution in [1.29, 1.82) is 0 Å². The van der Waals surface area contributed by atoms with Crippen LogP contribution in [-0.4, -0.2) is 27.0 Å². The number of carbonyl (C=O) groups excluding carboxylic acids is 1. The SMILES string of the molecule is Cc1ccc(-c2cccc3nc(Nc4ccc(C(=O)NCC5CCCCC5)cc4)nn23)cc1. The molecule has 0 saturated heterocycles. The molecule has 33 heavy (non-hydrogen) atoms. The minimum Gasteiger partial charge on any atom is -0.352 e. The number of hydrogen-bond acceptors (Lipinski definition) is 4. The minimum atomic E-state index is -0.0132. The van der Waals surface area contributed by atoms with Gasteiger partial charge in [-0.15, -0.1) is 5.10 Å². The average molecular weight is 440 g/mol. The summed E-state index contributed by atoms with van der Waals surface area (Å²) in [5, 5.41) is 11.0. The molecule has 6 heteroatoms. The van der Waals surface area contributed by atoms with Crippen LogP contribution in [0.2, 0.25) is 0 Å². The topological polar surface area (TPSA) is 71.3 Å². The summed E-state index contributed by atoms with van der Waals surface area (Å²) in [4.78, 5) is 17.1. The molecule has 1 aliphatic rings. The Morgan fingerprint density at radius 3 is 2.48 bits per heavy atom. The fourth-order valence-corrected chi connectivity index (χ4v) is 4.47. The maximum absolute atomic E-state index is 12.5. The predicted octanol–water partition coefficient (Wildman–Crippen LogP) is 5.76. The average Bonchev–Trinajstić information content (AvgIpc) is 3.27. The highest BCUT2D eigenvalue weighted by Crippen LogP contribution is 2.24. The van der Waals surface area contributed by atoms with Crippen LogP contribution in [0.4, 0.5) is 11.6 Å². The predicted molar refractivity (Wildman–Crippen MR) is 132 cm³/mol. The molecule has 1 amide bonds. The number of rotatable bonds is 6. The molecular formula is C27H29N5O. The van der Waals surface area contributed by atoms with Crippen molar-refractivity contribution in [2.24, 2.45) is 5.92 Å². The standard InChI is InChI=1S/C27H29N5O/c1-19-10-12-21(13-11-19)24-8-5-9-25-30-27(31-32(24)25)29-23-16-14-22(15-17-23)26(33)28-18-20-6-3-2-4-7-20/h5,8-17,20H,2-4,6-7,18H2,1H3,(H,28,33)(H,29,31). The van der Waals surface area contributed by atoms with Crippen LogP contribution in [0.5, 0.6) is 0 Å². The van der Waals surface area contributed by atoms with Gasteiger partial charge < -0.3 is 10.6 Å². The summed E-state index contributed by atoms with van der Waals surface area (Å²) in [6.07, 6.45) is 6.34. The van der Waals surface area contributed by atoms with E-state index >= 15 is 0 Å². The Balaban J connectivity index is 1.27. The van der Waals surface area contributed by atoms with Crippen LogP contribution in [0.25, 0.3) is 16.9 Å². The van der Waals surface area contributed by atoms with E-state index in [4.69, 9.17) is 0 Å². The van der Waals surface area contributed by atoms with Gasteiger partial charge in [-0.1, -0.05) is 55.2 Å². The van der Waals surface area contributed by atoms with Crippen LogP contribution in [0.15, 0.2) is 66.7 Å². The van der Waals surface area contributed by atoms with Crippen LogP contribution in [-0.2, 0) is 0 Å². The number of amides is 1. The molecule has 2 aromatic heterocycles. The highest BCUT2D eigenvalue weighted by molar-refractivity contribution is 5.94. The quantitative estimate of drug-likeness (QED) is 0.401. The van der Waals surface area contributed by atoms with E-state index in [2.05, 4.69) is 51.9 Å². The third-order valence-electron chi connectivity index (χ3n) is 6.39. The van der Waals surface area contributed by atoms with Gasteiger partial charge in [0.05, 0.1) is 5.69 Å². The lowest BCUT2D eigenvalue weighted by atomic mass is 9.89. The molecule has 0 bridgehead atoms. The zero-order valence-corrected chi connectivity index (χ0v) is 18.9. The number of pyridine rings is 1. The fraction of sp³-hybridized carbons (Fsp3) is 0.296. The van der Waals surface area contributed by atoms with Crippen molar-refractivity contribution in [3.63, 3.8) is 0 Å². The van der Waals surface area contributed by atoms with Crippen molar-refractivity contribution in [1.82, 2.24) is 19.9 Å². The Hall–Kier alpha value is -3.67. The van der Waals surface area contributed by atoms with Crippen LogP contribution in [0.1, 0.15) is 48.0 Å². The molecule has 0 unspecified atom stereocenters. The van der Waals surface area contributed by atoms with Gasteiger partial charge in [-0.3, -0.25) is 4.79 Å². The number of carbonyl (C=O) groups is 1.